The first-order chi connectivity index (χ1) is 25.8. The average molecular weight is 667 g/mol. The van der Waals surface area contributed by atoms with Crippen molar-refractivity contribution in [2.75, 3.05) is 9.80 Å². The molecule has 7 aromatic rings. The summed E-state index contributed by atoms with van der Waals surface area (Å²) in [4.78, 5) is 4.73. The molecule has 3 aliphatic carbocycles. The Morgan fingerprint density at radius 3 is 1.54 bits per heavy atom. The number of benzene rings is 7. The Bertz CT molecular complexity index is 2470. The third-order valence-electron chi connectivity index (χ3n) is 11.3. The van der Waals surface area contributed by atoms with E-state index >= 15 is 0 Å². The van der Waals surface area contributed by atoms with Crippen molar-refractivity contribution in [2.45, 2.75) is 25.2 Å². The van der Waals surface area contributed by atoms with E-state index in [-0.39, 0.29) is 5.41 Å². The first-order valence-corrected chi connectivity index (χ1v) is 18.4. The molecular formula is C50H38N2. The van der Waals surface area contributed by atoms with Crippen molar-refractivity contribution in [1.82, 2.24) is 0 Å². The van der Waals surface area contributed by atoms with E-state index in [0.29, 0.717) is 0 Å². The lowest BCUT2D eigenvalue weighted by Gasteiger charge is -2.34. The number of para-hydroxylation sites is 3. The number of nitrogens with zero attached hydrogens (tertiary/aromatic N) is 2. The number of fused-ring (bicyclic) bond motifs is 9. The zero-order valence-corrected chi connectivity index (χ0v) is 29.2. The predicted octanol–water partition coefficient (Wildman–Crippen LogP) is 13.2. The van der Waals surface area contributed by atoms with E-state index in [2.05, 4.69) is 205 Å². The highest BCUT2D eigenvalue weighted by atomic mass is 15.2. The summed E-state index contributed by atoms with van der Waals surface area (Å²) < 4.78 is 0. The second-order valence-corrected chi connectivity index (χ2v) is 14.0. The molecule has 3 aliphatic rings. The molecule has 0 fully saturated rings. The summed E-state index contributed by atoms with van der Waals surface area (Å²) in [5.41, 5.74) is 19.0. The molecule has 7 aromatic carbocycles. The summed E-state index contributed by atoms with van der Waals surface area (Å²) in [6.45, 7) is 2.26. The molecule has 0 amide bonds. The van der Waals surface area contributed by atoms with Crippen molar-refractivity contribution >= 4 is 39.7 Å². The molecule has 10 rings (SSSR count). The highest BCUT2D eigenvalue weighted by Crippen LogP contribution is 2.64. The quantitative estimate of drug-likeness (QED) is 0.167. The van der Waals surface area contributed by atoms with Gasteiger partial charge in [0.25, 0.3) is 0 Å². The van der Waals surface area contributed by atoms with Crippen molar-refractivity contribution in [3.05, 3.63) is 221 Å². The van der Waals surface area contributed by atoms with Gasteiger partial charge in [0.2, 0.25) is 0 Å². The Morgan fingerprint density at radius 2 is 0.923 bits per heavy atom. The molecule has 0 saturated heterocycles. The van der Waals surface area contributed by atoms with Crippen molar-refractivity contribution in [2.24, 2.45) is 0 Å². The fourth-order valence-electron chi connectivity index (χ4n) is 9.03. The van der Waals surface area contributed by atoms with Crippen LogP contribution in [0.5, 0.6) is 0 Å². The third-order valence-corrected chi connectivity index (χ3v) is 11.3. The van der Waals surface area contributed by atoms with Crippen LogP contribution in [0.15, 0.2) is 194 Å². The molecule has 248 valence electrons. The molecule has 1 unspecified atom stereocenters. The van der Waals surface area contributed by atoms with Gasteiger partial charge >= 0.3 is 0 Å². The molecule has 0 aromatic heterocycles. The van der Waals surface area contributed by atoms with Gasteiger partial charge in [-0.05, 0) is 136 Å². The first kappa shape index (κ1) is 30.4. The van der Waals surface area contributed by atoms with Crippen molar-refractivity contribution in [3.63, 3.8) is 0 Å². The topological polar surface area (TPSA) is 6.48 Å². The average Bonchev–Trinajstić information content (AvgIpc) is 3.89. The van der Waals surface area contributed by atoms with Crippen LogP contribution in [0.2, 0.25) is 0 Å². The van der Waals surface area contributed by atoms with Crippen LogP contribution in [-0.2, 0) is 11.8 Å². The second kappa shape index (κ2) is 12.1. The summed E-state index contributed by atoms with van der Waals surface area (Å²) in [5.74, 6) is 0. The largest absolute Gasteiger partial charge is 0.311 e. The van der Waals surface area contributed by atoms with Crippen molar-refractivity contribution < 1.29 is 0 Å². The number of rotatable bonds is 7. The molecule has 0 radical (unpaired) electrons. The van der Waals surface area contributed by atoms with E-state index in [4.69, 9.17) is 0 Å². The van der Waals surface area contributed by atoms with Gasteiger partial charge in [-0.2, -0.15) is 0 Å². The van der Waals surface area contributed by atoms with Gasteiger partial charge in [-0.25, -0.2) is 0 Å². The van der Waals surface area contributed by atoms with Gasteiger partial charge in [-0.3, -0.25) is 0 Å². The summed E-state index contributed by atoms with van der Waals surface area (Å²) in [6.07, 6.45) is 6.71. The number of hydrogen-bond acceptors (Lipinski definition) is 2. The molecule has 0 N–H and O–H groups in total. The lowest BCUT2D eigenvalue weighted by molar-refractivity contribution is 0.747. The highest BCUT2D eigenvalue weighted by molar-refractivity contribution is 5.99. The molecule has 0 saturated carbocycles. The predicted molar refractivity (Wildman–Crippen MR) is 218 cm³/mol. The smallest absolute Gasteiger partial charge is 0.0692 e. The van der Waals surface area contributed by atoms with Crippen molar-refractivity contribution in [1.29, 1.82) is 0 Å². The van der Waals surface area contributed by atoms with Gasteiger partial charge in [0.1, 0.15) is 0 Å². The standard InChI is InChI=1S/C50H38N2/c1-2-35-25-31-44-43-22-14-24-47(43)50(48(44)33-35)46-23-13-12-21-42(46)45-32-30-41(34-49(45)50)52(38-19-10-5-11-20-38)40-28-26-39(27-29-40)51(36-15-6-3-7-16-36)37-17-8-4-9-18-37/h3-23,25-34H,2,24H2,1H3. The molecule has 2 heteroatoms. The van der Waals surface area contributed by atoms with E-state index in [1.807, 2.05) is 0 Å². The minimum atomic E-state index is -0.320. The van der Waals surface area contributed by atoms with E-state index < -0.39 is 0 Å². The van der Waals surface area contributed by atoms with Gasteiger partial charge in [0.05, 0.1) is 5.41 Å². The van der Waals surface area contributed by atoms with Gasteiger partial charge in [-0.15, -0.1) is 0 Å². The third kappa shape index (κ3) is 4.50. The van der Waals surface area contributed by atoms with Gasteiger partial charge in [0.15, 0.2) is 0 Å². The van der Waals surface area contributed by atoms with E-state index in [0.717, 1.165) is 47.0 Å². The van der Waals surface area contributed by atoms with E-state index in [9.17, 15) is 0 Å². The molecule has 52 heavy (non-hydrogen) atoms. The lowest BCUT2D eigenvalue weighted by Crippen LogP contribution is -2.27. The number of anilines is 6. The summed E-state index contributed by atoms with van der Waals surface area (Å²) in [6, 6.07) is 64.5. The molecule has 0 bridgehead atoms. The van der Waals surface area contributed by atoms with Crippen LogP contribution in [-0.4, -0.2) is 0 Å². The van der Waals surface area contributed by atoms with Gasteiger partial charge < -0.3 is 9.80 Å². The minimum Gasteiger partial charge on any atom is -0.311 e. The first-order valence-electron chi connectivity index (χ1n) is 18.4. The Labute approximate surface area is 306 Å². The van der Waals surface area contributed by atoms with Crippen molar-refractivity contribution in [3.8, 4) is 11.1 Å². The maximum absolute atomic E-state index is 2.50. The SMILES string of the molecule is CCc1ccc2c(c1)C1(C3=C2C=CC3)c2ccccc2-c2ccc(N(c3ccccc3)c3ccc(N(c4ccccc4)c4ccccc4)cc3)cc21. The maximum atomic E-state index is 2.50. The molecular weight excluding hydrogens is 629 g/mol. The second-order valence-electron chi connectivity index (χ2n) is 14.0. The molecule has 1 atom stereocenters. The molecule has 0 aliphatic heterocycles. The fraction of sp³-hybridized carbons (Fsp3) is 0.0800. The van der Waals surface area contributed by atoms with E-state index in [1.165, 1.54) is 50.1 Å². The number of hydrogen-bond donors (Lipinski definition) is 0. The van der Waals surface area contributed by atoms with Crippen LogP contribution in [0.3, 0.4) is 0 Å². The fourth-order valence-corrected chi connectivity index (χ4v) is 9.03. The van der Waals surface area contributed by atoms with Crippen LogP contribution in [0.25, 0.3) is 16.7 Å². The van der Waals surface area contributed by atoms with Crippen LogP contribution in [0, 0.1) is 0 Å². The summed E-state index contributed by atoms with van der Waals surface area (Å²) in [5, 5.41) is 0. The molecule has 1 spiro atoms. The van der Waals surface area contributed by atoms with Gasteiger partial charge in [-0.1, -0.05) is 122 Å². The van der Waals surface area contributed by atoms with E-state index in [1.54, 1.807) is 0 Å². The Morgan fingerprint density at radius 1 is 0.442 bits per heavy atom. The maximum Gasteiger partial charge on any atom is 0.0692 e. The Balaban J connectivity index is 1.15. The van der Waals surface area contributed by atoms with Crippen LogP contribution >= 0.6 is 0 Å². The summed E-state index contributed by atoms with van der Waals surface area (Å²) in [7, 11) is 0. The number of aryl methyl sites for hydroxylation is 1. The Hall–Kier alpha value is -6.38. The number of allylic oxidation sites excluding steroid dienone is 4. The zero-order chi connectivity index (χ0) is 34.6. The normalized spacial score (nSPS) is 16.1. The Kier molecular flexibility index (Phi) is 7.11. The zero-order valence-electron chi connectivity index (χ0n) is 29.2. The molecule has 2 nitrogen and oxygen atoms in total. The van der Waals surface area contributed by atoms with Crippen LogP contribution < -0.4 is 9.80 Å². The highest BCUT2D eigenvalue weighted by Gasteiger charge is 2.53. The molecule has 0 heterocycles. The van der Waals surface area contributed by atoms with Gasteiger partial charge in [0, 0.05) is 34.1 Å². The minimum absolute atomic E-state index is 0.320. The summed E-state index contributed by atoms with van der Waals surface area (Å²) >= 11 is 0. The van der Waals surface area contributed by atoms with Crippen LogP contribution in [0.4, 0.5) is 34.1 Å². The monoisotopic (exact) mass is 666 g/mol. The van der Waals surface area contributed by atoms with Crippen LogP contribution in [0.1, 0.15) is 41.2 Å². The lowest BCUT2D eigenvalue weighted by atomic mass is 9.68.